The van der Waals surface area contributed by atoms with E-state index in [0.717, 1.165) is 12.1 Å². The molecule has 1 fully saturated rings. The lowest BCUT2D eigenvalue weighted by atomic mass is 10.2. The number of alkyl halides is 3. The van der Waals surface area contributed by atoms with Gasteiger partial charge in [0.05, 0.1) is 17.0 Å². The van der Waals surface area contributed by atoms with Crippen LogP contribution in [0.1, 0.15) is 23.2 Å². The second-order valence-corrected chi connectivity index (χ2v) is 7.98. The van der Waals surface area contributed by atoms with E-state index in [4.69, 9.17) is 5.26 Å². The maximum Gasteiger partial charge on any atom is 0.433 e. The molecule has 0 radical (unpaired) electrons. The van der Waals surface area contributed by atoms with Gasteiger partial charge in [0.1, 0.15) is 17.6 Å². The standard InChI is InChI=1S/C17H15F3N4O2S/c18-17(19,20)15-6-5-13(10-21)16(23-15)22-11-12-3-1-4-14(9-12)24-7-2-8-27(24,25)26/h1,3-6,9H,2,7-8,11H2,(H,22,23). The summed E-state index contributed by atoms with van der Waals surface area (Å²) in [4.78, 5) is 3.49. The number of aromatic nitrogens is 1. The summed E-state index contributed by atoms with van der Waals surface area (Å²) in [5.74, 6) is -0.0821. The molecule has 3 rings (SSSR count). The smallest absolute Gasteiger partial charge is 0.365 e. The Labute approximate surface area is 154 Å². The van der Waals surface area contributed by atoms with Gasteiger partial charge in [0, 0.05) is 13.1 Å². The highest BCUT2D eigenvalue weighted by molar-refractivity contribution is 7.93. The van der Waals surface area contributed by atoms with Gasteiger partial charge in [0.15, 0.2) is 0 Å². The predicted octanol–water partition coefficient (Wildman–Crippen LogP) is 3.12. The molecule has 1 aliphatic heterocycles. The lowest BCUT2D eigenvalue weighted by Crippen LogP contribution is -2.25. The van der Waals surface area contributed by atoms with Gasteiger partial charge in [-0.3, -0.25) is 4.31 Å². The minimum Gasteiger partial charge on any atom is -0.365 e. The third kappa shape index (κ3) is 4.14. The lowest BCUT2D eigenvalue weighted by Gasteiger charge is -2.18. The van der Waals surface area contributed by atoms with Crippen LogP contribution >= 0.6 is 0 Å². The lowest BCUT2D eigenvalue weighted by molar-refractivity contribution is -0.141. The van der Waals surface area contributed by atoms with Gasteiger partial charge in [-0.25, -0.2) is 13.4 Å². The molecule has 27 heavy (non-hydrogen) atoms. The fourth-order valence-corrected chi connectivity index (χ4v) is 4.34. The van der Waals surface area contributed by atoms with Crippen LogP contribution < -0.4 is 9.62 Å². The number of anilines is 2. The van der Waals surface area contributed by atoms with E-state index < -0.39 is 21.9 Å². The molecule has 142 valence electrons. The molecular weight excluding hydrogens is 381 g/mol. The minimum absolute atomic E-state index is 0.0127. The Kier molecular flexibility index (Phi) is 4.97. The number of pyridine rings is 1. The van der Waals surface area contributed by atoms with Crippen molar-refractivity contribution in [2.75, 3.05) is 21.9 Å². The molecular formula is C17H15F3N4O2S. The Bertz CT molecular complexity index is 1000. The quantitative estimate of drug-likeness (QED) is 0.858. The van der Waals surface area contributed by atoms with E-state index in [1.54, 1.807) is 30.3 Å². The molecule has 0 unspecified atom stereocenters. The van der Waals surface area contributed by atoms with Crippen LogP contribution in [-0.4, -0.2) is 25.7 Å². The average Bonchev–Trinajstić information content (AvgIpc) is 2.98. The van der Waals surface area contributed by atoms with Crippen LogP contribution in [0.2, 0.25) is 0 Å². The number of benzene rings is 1. The van der Waals surface area contributed by atoms with E-state index >= 15 is 0 Å². The minimum atomic E-state index is -4.62. The Balaban J connectivity index is 1.82. The zero-order chi connectivity index (χ0) is 19.7. The van der Waals surface area contributed by atoms with Crippen LogP contribution in [-0.2, 0) is 22.7 Å². The zero-order valence-electron chi connectivity index (χ0n) is 14.0. The van der Waals surface area contributed by atoms with Gasteiger partial charge in [0.2, 0.25) is 10.0 Å². The maximum atomic E-state index is 12.8. The van der Waals surface area contributed by atoms with Gasteiger partial charge in [-0.2, -0.15) is 18.4 Å². The van der Waals surface area contributed by atoms with Crippen LogP contribution in [0.5, 0.6) is 0 Å². The molecule has 2 heterocycles. The first-order chi connectivity index (χ1) is 12.7. The molecule has 2 aromatic rings. The predicted molar refractivity (Wildman–Crippen MR) is 93.5 cm³/mol. The zero-order valence-corrected chi connectivity index (χ0v) is 14.8. The van der Waals surface area contributed by atoms with Gasteiger partial charge in [-0.1, -0.05) is 12.1 Å². The topological polar surface area (TPSA) is 86.1 Å². The molecule has 0 saturated carbocycles. The number of hydrogen-bond donors (Lipinski definition) is 1. The van der Waals surface area contributed by atoms with E-state index in [1.807, 2.05) is 0 Å². The van der Waals surface area contributed by atoms with E-state index in [1.165, 1.54) is 4.31 Å². The number of sulfonamides is 1. The second-order valence-electron chi connectivity index (χ2n) is 5.97. The summed E-state index contributed by atoms with van der Waals surface area (Å²) in [6.07, 6.45) is -4.07. The highest BCUT2D eigenvalue weighted by atomic mass is 32.2. The fourth-order valence-electron chi connectivity index (χ4n) is 2.78. The molecule has 1 aromatic heterocycles. The van der Waals surface area contributed by atoms with E-state index in [9.17, 15) is 21.6 Å². The number of halogens is 3. The van der Waals surface area contributed by atoms with Crippen molar-refractivity contribution in [3.05, 3.63) is 53.2 Å². The fraction of sp³-hybridized carbons (Fsp3) is 0.294. The Morgan fingerprint density at radius 1 is 1.26 bits per heavy atom. The summed E-state index contributed by atoms with van der Waals surface area (Å²) >= 11 is 0. The van der Waals surface area contributed by atoms with Crippen LogP contribution in [0.3, 0.4) is 0 Å². The number of hydrogen-bond acceptors (Lipinski definition) is 5. The molecule has 0 atom stereocenters. The van der Waals surface area contributed by atoms with Gasteiger partial charge in [0.25, 0.3) is 0 Å². The third-order valence-electron chi connectivity index (χ3n) is 4.06. The molecule has 1 N–H and O–H groups in total. The van der Waals surface area contributed by atoms with Crippen molar-refractivity contribution in [3.63, 3.8) is 0 Å². The van der Waals surface area contributed by atoms with Gasteiger partial charge < -0.3 is 5.32 Å². The molecule has 0 bridgehead atoms. The summed E-state index contributed by atoms with van der Waals surface area (Å²) in [5, 5.41) is 11.8. The number of nitriles is 1. The van der Waals surface area contributed by atoms with Gasteiger partial charge in [-0.05, 0) is 36.2 Å². The molecule has 0 amide bonds. The Morgan fingerprint density at radius 3 is 2.67 bits per heavy atom. The Hall–Kier alpha value is -2.80. The summed E-state index contributed by atoms with van der Waals surface area (Å²) < 4.78 is 63.9. The second kappa shape index (κ2) is 7.08. The normalized spacial score (nSPS) is 16.1. The SMILES string of the molecule is N#Cc1ccc(C(F)(F)F)nc1NCc1cccc(N2CCCS2(=O)=O)c1. The third-order valence-corrected chi connectivity index (χ3v) is 5.93. The molecule has 6 nitrogen and oxygen atoms in total. The monoisotopic (exact) mass is 396 g/mol. The van der Waals surface area contributed by atoms with Crippen molar-refractivity contribution in [1.29, 1.82) is 5.26 Å². The number of nitrogens with one attached hydrogen (secondary N) is 1. The molecule has 0 aliphatic carbocycles. The van der Waals surface area contributed by atoms with E-state index in [2.05, 4.69) is 10.3 Å². The largest absolute Gasteiger partial charge is 0.433 e. The molecule has 1 saturated heterocycles. The summed E-state index contributed by atoms with van der Waals surface area (Å²) in [6.45, 7) is 0.484. The average molecular weight is 396 g/mol. The highest BCUT2D eigenvalue weighted by Gasteiger charge is 2.33. The van der Waals surface area contributed by atoms with Crippen molar-refractivity contribution in [1.82, 2.24) is 4.98 Å². The van der Waals surface area contributed by atoms with E-state index in [0.29, 0.717) is 24.2 Å². The molecule has 10 heteroatoms. The molecule has 1 aromatic carbocycles. The molecule has 1 aliphatic rings. The summed E-state index contributed by atoms with van der Waals surface area (Å²) in [7, 11) is -3.32. The first-order valence-electron chi connectivity index (χ1n) is 8.02. The van der Waals surface area contributed by atoms with Gasteiger partial charge >= 0.3 is 6.18 Å². The first-order valence-corrected chi connectivity index (χ1v) is 9.63. The first kappa shape index (κ1) is 19.0. The van der Waals surface area contributed by atoms with Crippen molar-refractivity contribution < 1.29 is 21.6 Å². The van der Waals surface area contributed by atoms with Crippen molar-refractivity contribution in [2.45, 2.75) is 19.1 Å². The number of nitrogens with zero attached hydrogens (tertiary/aromatic N) is 3. The van der Waals surface area contributed by atoms with Crippen LogP contribution in [0.4, 0.5) is 24.7 Å². The highest BCUT2D eigenvalue weighted by Crippen LogP contribution is 2.30. The van der Waals surface area contributed by atoms with Crippen LogP contribution in [0.25, 0.3) is 0 Å². The van der Waals surface area contributed by atoms with E-state index in [-0.39, 0.29) is 23.7 Å². The van der Waals surface area contributed by atoms with Crippen LogP contribution in [0.15, 0.2) is 36.4 Å². The molecule has 0 spiro atoms. The van der Waals surface area contributed by atoms with Crippen molar-refractivity contribution in [2.24, 2.45) is 0 Å². The van der Waals surface area contributed by atoms with Crippen LogP contribution in [0, 0.1) is 11.3 Å². The Morgan fingerprint density at radius 2 is 2.04 bits per heavy atom. The summed E-state index contributed by atoms with van der Waals surface area (Å²) in [5.41, 5.74) is 0.0456. The number of rotatable bonds is 4. The van der Waals surface area contributed by atoms with Crippen molar-refractivity contribution >= 4 is 21.5 Å². The maximum absolute atomic E-state index is 12.8. The van der Waals surface area contributed by atoms with Gasteiger partial charge in [-0.15, -0.1) is 0 Å². The summed E-state index contributed by atoms with van der Waals surface area (Å²) in [6, 6.07) is 10.3. The van der Waals surface area contributed by atoms with Crippen molar-refractivity contribution in [3.8, 4) is 6.07 Å².